The number of hydrogen-bond donors (Lipinski definition) is 0. The SMILES string of the molecule is Cc1occc1C(=O)N1CCC(c2nc3cc(Cl)ccc3s2)CC1. The molecule has 1 aliphatic rings. The van der Waals surface area contributed by atoms with Crippen molar-refractivity contribution in [3.8, 4) is 0 Å². The van der Waals surface area contributed by atoms with Crippen molar-refractivity contribution in [3.63, 3.8) is 0 Å². The third-order valence-corrected chi connectivity index (χ3v) is 6.02. The second-order valence-corrected chi connectivity index (χ2v) is 7.62. The Kier molecular flexibility index (Phi) is 4.06. The largest absolute Gasteiger partial charge is 0.469 e. The number of aryl methyl sites for hydroxylation is 1. The Bertz CT molecular complexity index is 893. The minimum Gasteiger partial charge on any atom is -0.469 e. The second-order valence-electron chi connectivity index (χ2n) is 6.12. The van der Waals surface area contributed by atoms with Gasteiger partial charge in [0.25, 0.3) is 5.91 Å². The Morgan fingerprint density at radius 3 is 2.83 bits per heavy atom. The predicted molar refractivity (Wildman–Crippen MR) is 96.0 cm³/mol. The molecule has 0 saturated carbocycles. The zero-order chi connectivity index (χ0) is 16.7. The number of hydrogen-bond acceptors (Lipinski definition) is 4. The van der Waals surface area contributed by atoms with Crippen LogP contribution in [0.5, 0.6) is 0 Å². The number of carbonyl (C=O) groups is 1. The van der Waals surface area contributed by atoms with Crippen LogP contribution in [0, 0.1) is 6.92 Å². The van der Waals surface area contributed by atoms with Crippen molar-refractivity contribution in [2.45, 2.75) is 25.7 Å². The van der Waals surface area contributed by atoms with Crippen LogP contribution in [-0.4, -0.2) is 28.9 Å². The number of fused-ring (bicyclic) bond motifs is 1. The summed E-state index contributed by atoms with van der Waals surface area (Å²) >= 11 is 7.78. The molecule has 0 radical (unpaired) electrons. The molecule has 124 valence electrons. The number of nitrogens with zero attached hydrogens (tertiary/aromatic N) is 2. The summed E-state index contributed by atoms with van der Waals surface area (Å²) in [7, 11) is 0. The van der Waals surface area contributed by atoms with Crippen molar-refractivity contribution in [1.29, 1.82) is 0 Å². The fraction of sp³-hybridized carbons (Fsp3) is 0.333. The zero-order valence-electron chi connectivity index (χ0n) is 13.3. The summed E-state index contributed by atoms with van der Waals surface area (Å²) in [5.41, 5.74) is 1.64. The molecule has 2 aromatic heterocycles. The lowest BCUT2D eigenvalue weighted by Gasteiger charge is -2.31. The van der Waals surface area contributed by atoms with E-state index in [0.717, 1.165) is 41.5 Å². The van der Waals surface area contributed by atoms with E-state index < -0.39 is 0 Å². The molecule has 0 unspecified atom stereocenters. The number of furan rings is 1. The number of carbonyl (C=O) groups excluding carboxylic acids is 1. The van der Waals surface area contributed by atoms with Gasteiger partial charge in [0.2, 0.25) is 0 Å². The molecule has 1 amide bonds. The molecular formula is C18H17ClN2O2S. The average molecular weight is 361 g/mol. The molecule has 6 heteroatoms. The van der Waals surface area contributed by atoms with Gasteiger partial charge in [0.15, 0.2) is 0 Å². The molecule has 1 saturated heterocycles. The molecule has 1 aliphatic heterocycles. The Hall–Kier alpha value is -1.85. The quantitative estimate of drug-likeness (QED) is 0.654. The van der Waals surface area contributed by atoms with Gasteiger partial charge in [-0.2, -0.15) is 0 Å². The van der Waals surface area contributed by atoms with Crippen LogP contribution in [0.25, 0.3) is 10.2 Å². The first kappa shape index (κ1) is 15.7. The molecule has 1 aromatic carbocycles. The van der Waals surface area contributed by atoms with Crippen molar-refractivity contribution < 1.29 is 9.21 Å². The van der Waals surface area contributed by atoms with Crippen LogP contribution in [0.2, 0.25) is 5.02 Å². The van der Waals surface area contributed by atoms with Crippen LogP contribution >= 0.6 is 22.9 Å². The summed E-state index contributed by atoms with van der Waals surface area (Å²) in [5, 5.41) is 1.87. The van der Waals surface area contributed by atoms with Gasteiger partial charge in [0, 0.05) is 24.0 Å². The number of thiazole rings is 1. The zero-order valence-corrected chi connectivity index (χ0v) is 14.9. The molecule has 4 rings (SSSR count). The highest BCUT2D eigenvalue weighted by Gasteiger charge is 2.27. The molecule has 4 nitrogen and oxygen atoms in total. The van der Waals surface area contributed by atoms with Crippen LogP contribution in [0.3, 0.4) is 0 Å². The standard InChI is InChI=1S/C18H17ClN2O2S/c1-11-14(6-9-23-11)18(22)21-7-4-12(5-8-21)17-20-15-10-13(19)2-3-16(15)24-17/h2-3,6,9-10,12H,4-5,7-8H2,1H3. The predicted octanol–water partition coefficient (Wildman–Crippen LogP) is 4.87. The normalized spacial score (nSPS) is 16.0. The third kappa shape index (κ3) is 2.82. The van der Waals surface area contributed by atoms with Crippen molar-refractivity contribution >= 4 is 39.1 Å². The number of rotatable bonds is 2. The van der Waals surface area contributed by atoms with E-state index in [1.807, 2.05) is 30.0 Å². The van der Waals surface area contributed by atoms with Gasteiger partial charge in [-0.3, -0.25) is 4.79 Å². The summed E-state index contributed by atoms with van der Waals surface area (Å²) in [6.07, 6.45) is 3.45. The molecule has 0 aliphatic carbocycles. The van der Waals surface area contributed by atoms with E-state index >= 15 is 0 Å². The van der Waals surface area contributed by atoms with E-state index in [4.69, 9.17) is 21.0 Å². The molecule has 1 fully saturated rings. The topological polar surface area (TPSA) is 46.3 Å². The van der Waals surface area contributed by atoms with Crippen LogP contribution < -0.4 is 0 Å². The summed E-state index contributed by atoms with van der Waals surface area (Å²) < 4.78 is 6.41. The van der Waals surface area contributed by atoms with Crippen molar-refractivity contribution in [2.24, 2.45) is 0 Å². The van der Waals surface area contributed by atoms with E-state index in [-0.39, 0.29) is 5.91 Å². The number of amides is 1. The Morgan fingerprint density at radius 1 is 1.33 bits per heavy atom. The summed E-state index contributed by atoms with van der Waals surface area (Å²) in [4.78, 5) is 19.2. The molecule has 24 heavy (non-hydrogen) atoms. The Morgan fingerprint density at radius 2 is 2.12 bits per heavy atom. The van der Waals surface area contributed by atoms with Gasteiger partial charge in [0.05, 0.1) is 27.1 Å². The molecule has 0 spiro atoms. The van der Waals surface area contributed by atoms with Gasteiger partial charge in [-0.25, -0.2) is 4.98 Å². The number of likely N-dealkylation sites (tertiary alicyclic amines) is 1. The fourth-order valence-corrected chi connectivity index (χ4v) is 4.48. The van der Waals surface area contributed by atoms with Crippen LogP contribution in [-0.2, 0) is 0 Å². The van der Waals surface area contributed by atoms with Gasteiger partial charge in [-0.15, -0.1) is 11.3 Å². The average Bonchev–Trinajstić information content (AvgIpc) is 3.20. The van der Waals surface area contributed by atoms with Crippen molar-refractivity contribution in [2.75, 3.05) is 13.1 Å². The van der Waals surface area contributed by atoms with Crippen molar-refractivity contribution in [1.82, 2.24) is 9.88 Å². The molecule has 0 atom stereocenters. The number of benzene rings is 1. The maximum Gasteiger partial charge on any atom is 0.257 e. The number of aromatic nitrogens is 1. The van der Waals surface area contributed by atoms with Crippen LogP contribution in [0.1, 0.15) is 39.9 Å². The molecule has 0 N–H and O–H groups in total. The molecular weight excluding hydrogens is 344 g/mol. The highest BCUT2D eigenvalue weighted by Crippen LogP contribution is 2.35. The van der Waals surface area contributed by atoms with E-state index in [1.165, 1.54) is 4.70 Å². The Balaban J connectivity index is 1.47. The van der Waals surface area contributed by atoms with Gasteiger partial charge in [-0.1, -0.05) is 11.6 Å². The second kappa shape index (κ2) is 6.22. The van der Waals surface area contributed by atoms with Crippen LogP contribution in [0.4, 0.5) is 0 Å². The summed E-state index contributed by atoms with van der Waals surface area (Å²) in [5.74, 6) is 1.16. The summed E-state index contributed by atoms with van der Waals surface area (Å²) in [6, 6.07) is 7.60. The maximum absolute atomic E-state index is 12.5. The molecule has 3 aromatic rings. The lowest BCUT2D eigenvalue weighted by Crippen LogP contribution is -2.38. The van der Waals surface area contributed by atoms with E-state index in [2.05, 4.69) is 0 Å². The monoisotopic (exact) mass is 360 g/mol. The molecule has 0 bridgehead atoms. The minimum absolute atomic E-state index is 0.0655. The number of halogens is 1. The van der Waals surface area contributed by atoms with E-state index in [0.29, 0.717) is 17.2 Å². The highest BCUT2D eigenvalue weighted by molar-refractivity contribution is 7.18. The van der Waals surface area contributed by atoms with Gasteiger partial charge in [-0.05, 0) is 44.0 Å². The van der Waals surface area contributed by atoms with E-state index in [9.17, 15) is 4.79 Å². The first-order chi connectivity index (χ1) is 11.6. The van der Waals surface area contributed by atoms with Gasteiger partial charge in [0.1, 0.15) is 5.76 Å². The maximum atomic E-state index is 12.5. The first-order valence-corrected chi connectivity index (χ1v) is 9.20. The first-order valence-electron chi connectivity index (χ1n) is 8.01. The minimum atomic E-state index is 0.0655. The van der Waals surface area contributed by atoms with E-state index in [1.54, 1.807) is 23.7 Å². The molecule has 3 heterocycles. The van der Waals surface area contributed by atoms with Gasteiger partial charge < -0.3 is 9.32 Å². The number of piperidine rings is 1. The Labute approximate surface area is 149 Å². The van der Waals surface area contributed by atoms with Gasteiger partial charge >= 0.3 is 0 Å². The van der Waals surface area contributed by atoms with Crippen molar-refractivity contribution in [3.05, 3.63) is 51.9 Å². The highest BCUT2D eigenvalue weighted by atomic mass is 35.5. The lowest BCUT2D eigenvalue weighted by atomic mass is 9.97. The lowest BCUT2D eigenvalue weighted by molar-refractivity contribution is 0.0711. The van der Waals surface area contributed by atoms with Crippen LogP contribution in [0.15, 0.2) is 34.9 Å². The fourth-order valence-electron chi connectivity index (χ4n) is 3.20. The smallest absolute Gasteiger partial charge is 0.257 e. The summed E-state index contributed by atoms with van der Waals surface area (Å²) in [6.45, 7) is 3.34. The third-order valence-electron chi connectivity index (χ3n) is 4.59.